The van der Waals surface area contributed by atoms with E-state index in [0.717, 1.165) is 6.42 Å². The van der Waals surface area contributed by atoms with Crippen LogP contribution < -0.4 is 5.32 Å². The van der Waals surface area contributed by atoms with Crippen LogP contribution in [0.4, 0.5) is 0 Å². The minimum Gasteiger partial charge on any atom is -0.338 e. The molecule has 1 aromatic rings. The summed E-state index contributed by atoms with van der Waals surface area (Å²) in [5, 5.41) is 3.59. The zero-order chi connectivity index (χ0) is 14.6. The summed E-state index contributed by atoms with van der Waals surface area (Å²) in [4.78, 5) is 6.98. The molecule has 1 unspecified atom stereocenters. The van der Waals surface area contributed by atoms with Crippen LogP contribution in [-0.2, 0) is 13.5 Å². The summed E-state index contributed by atoms with van der Waals surface area (Å²) in [6, 6.07) is 0.455. The second-order valence-electron chi connectivity index (χ2n) is 6.41. The van der Waals surface area contributed by atoms with Crippen LogP contribution >= 0.6 is 0 Å². The van der Waals surface area contributed by atoms with Gasteiger partial charge in [0, 0.05) is 37.4 Å². The molecule has 1 aromatic heterocycles. The van der Waals surface area contributed by atoms with Gasteiger partial charge in [-0.1, -0.05) is 25.7 Å². The summed E-state index contributed by atoms with van der Waals surface area (Å²) in [6.45, 7) is 0. The van der Waals surface area contributed by atoms with E-state index in [1.54, 1.807) is 0 Å². The van der Waals surface area contributed by atoms with Crippen molar-refractivity contribution in [3.05, 3.63) is 18.2 Å². The van der Waals surface area contributed by atoms with Crippen LogP contribution in [0.5, 0.6) is 0 Å². The van der Waals surface area contributed by atoms with Crippen molar-refractivity contribution < 1.29 is 0 Å². The van der Waals surface area contributed by atoms with Crippen LogP contribution in [0.3, 0.4) is 0 Å². The van der Waals surface area contributed by atoms with Gasteiger partial charge in [0.1, 0.15) is 5.82 Å². The highest BCUT2D eigenvalue weighted by atomic mass is 15.2. The van der Waals surface area contributed by atoms with Crippen molar-refractivity contribution in [3.8, 4) is 0 Å². The molecule has 4 heteroatoms. The first kappa shape index (κ1) is 15.5. The molecule has 4 nitrogen and oxygen atoms in total. The van der Waals surface area contributed by atoms with Crippen LogP contribution in [0.2, 0.25) is 0 Å². The zero-order valence-electron chi connectivity index (χ0n) is 13.5. The molecule has 0 bridgehead atoms. The van der Waals surface area contributed by atoms with Gasteiger partial charge in [-0.15, -0.1) is 0 Å². The monoisotopic (exact) mass is 278 g/mol. The zero-order valence-corrected chi connectivity index (χ0v) is 13.5. The summed E-state index contributed by atoms with van der Waals surface area (Å²) in [5.74, 6) is 1.18. The van der Waals surface area contributed by atoms with Crippen molar-refractivity contribution >= 4 is 0 Å². The highest BCUT2D eigenvalue weighted by molar-refractivity contribution is 5.05. The minimum absolute atomic E-state index is 0.261. The van der Waals surface area contributed by atoms with Crippen LogP contribution in [0.25, 0.3) is 0 Å². The summed E-state index contributed by atoms with van der Waals surface area (Å²) >= 11 is 0. The molecule has 0 radical (unpaired) electrons. The third-order valence-corrected chi connectivity index (χ3v) is 5.16. The van der Waals surface area contributed by atoms with Gasteiger partial charge < -0.3 is 14.8 Å². The summed E-state index contributed by atoms with van der Waals surface area (Å²) < 4.78 is 2.14. The molecule has 0 saturated heterocycles. The third-order valence-electron chi connectivity index (χ3n) is 5.16. The number of hydrogen-bond donors (Lipinski definition) is 1. The second kappa shape index (κ2) is 6.72. The Labute approximate surface area is 123 Å². The Morgan fingerprint density at radius 2 is 1.95 bits per heavy atom. The molecule has 1 saturated carbocycles. The van der Waals surface area contributed by atoms with Gasteiger partial charge in [0.15, 0.2) is 0 Å². The molecule has 1 heterocycles. The maximum absolute atomic E-state index is 4.52. The lowest BCUT2D eigenvalue weighted by Crippen LogP contribution is -2.59. The van der Waals surface area contributed by atoms with E-state index in [1.807, 2.05) is 12.4 Å². The first-order chi connectivity index (χ1) is 9.60. The van der Waals surface area contributed by atoms with Gasteiger partial charge in [0.2, 0.25) is 0 Å². The van der Waals surface area contributed by atoms with Gasteiger partial charge in [0.05, 0.1) is 0 Å². The summed E-state index contributed by atoms with van der Waals surface area (Å²) in [5.41, 5.74) is 0.261. The van der Waals surface area contributed by atoms with Crippen molar-refractivity contribution in [2.24, 2.45) is 7.05 Å². The maximum atomic E-state index is 4.52. The van der Waals surface area contributed by atoms with E-state index in [4.69, 9.17) is 0 Å². The molecule has 0 aromatic carbocycles. The highest BCUT2D eigenvalue weighted by Gasteiger charge is 2.40. The van der Waals surface area contributed by atoms with E-state index < -0.39 is 0 Å². The van der Waals surface area contributed by atoms with Crippen LogP contribution in [-0.4, -0.2) is 47.2 Å². The Balaban J connectivity index is 2.22. The van der Waals surface area contributed by atoms with Crippen LogP contribution in [0.1, 0.15) is 44.3 Å². The number of likely N-dealkylation sites (N-methyl/N-ethyl adjacent to an activating group) is 2. The van der Waals surface area contributed by atoms with Crippen molar-refractivity contribution in [1.29, 1.82) is 0 Å². The average Bonchev–Trinajstić information content (AvgIpc) is 2.68. The third kappa shape index (κ3) is 3.07. The molecule has 0 amide bonds. The second-order valence-corrected chi connectivity index (χ2v) is 6.41. The molecule has 114 valence electrons. The molecule has 0 spiro atoms. The van der Waals surface area contributed by atoms with Crippen molar-refractivity contribution in [2.75, 3.05) is 21.1 Å². The molecular weight excluding hydrogens is 248 g/mol. The number of aromatic nitrogens is 2. The lowest BCUT2D eigenvalue weighted by atomic mass is 9.79. The van der Waals surface area contributed by atoms with Gasteiger partial charge in [-0.3, -0.25) is 0 Å². The highest BCUT2D eigenvalue weighted by Crippen LogP contribution is 2.35. The number of nitrogens with zero attached hydrogens (tertiary/aromatic N) is 3. The first-order valence-electron chi connectivity index (χ1n) is 7.91. The van der Waals surface area contributed by atoms with Gasteiger partial charge in [-0.2, -0.15) is 0 Å². The Morgan fingerprint density at radius 1 is 1.30 bits per heavy atom. The number of hydrogen-bond acceptors (Lipinski definition) is 3. The lowest BCUT2D eigenvalue weighted by Gasteiger charge is -2.46. The average molecular weight is 278 g/mol. The Bertz CT molecular complexity index is 402. The Kier molecular flexibility index (Phi) is 5.22. The van der Waals surface area contributed by atoms with Crippen LogP contribution in [0.15, 0.2) is 12.4 Å². The summed E-state index contributed by atoms with van der Waals surface area (Å²) in [6.07, 6.45) is 13.0. The van der Waals surface area contributed by atoms with Gasteiger partial charge in [-0.05, 0) is 34.0 Å². The van der Waals surface area contributed by atoms with Gasteiger partial charge in [0.25, 0.3) is 0 Å². The van der Waals surface area contributed by atoms with Crippen molar-refractivity contribution in [2.45, 2.75) is 56.5 Å². The standard InChI is InChI=1S/C16H30N4/c1-17-14(13-15-18-11-12-20(15)4)16(19(2)3)9-7-5-6-8-10-16/h11-12,14,17H,5-10,13H2,1-4H3. The van der Waals surface area contributed by atoms with Crippen molar-refractivity contribution in [1.82, 2.24) is 19.8 Å². The predicted molar refractivity (Wildman–Crippen MR) is 83.9 cm³/mol. The normalized spacial score (nSPS) is 20.9. The first-order valence-corrected chi connectivity index (χ1v) is 7.91. The Morgan fingerprint density at radius 3 is 2.40 bits per heavy atom. The fourth-order valence-electron chi connectivity index (χ4n) is 3.78. The quantitative estimate of drug-likeness (QED) is 0.838. The SMILES string of the molecule is CNC(Cc1nccn1C)C1(N(C)C)CCCCCC1. The van der Waals surface area contributed by atoms with Gasteiger partial charge in [-0.25, -0.2) is 4.98 Å². The molecule has 1 aliphatic carbocycles. The molecule has 1 N–H and O–H groups in total. The van der Waals surface area contributed by atoms with E-state index in [9.17, 15) is 0 Å². The molecule has 0 aliphatic heterocycles. The fraction of sp³-hybridized carbons (Fsp3) is 0.812. The van der Waals surface area contributed by atoms with Crippen molar-refractivity contribution in [3.63, 3.8) is 0 Å². The van der Waals surface area contributed by atoms with Crippen LogP contribution in [0, 0.1) is 0 Å². The Hall–Kier alpha value is -0.870. The minimum atomic E-state index is 0.261. The topological polar surface area (TPSA) is 33.1 Å². The van der Waals surface area contributed by atoms with E-state index >= 15 is 0 Å². The van der Waals surface area contributed by atoms with E-state index in [0.29, 0.717) is 6.04 Å². The molecule has 2 rings (SSSR count). The molecule has 1 fully saturated rings. The largest absolute Gasteiger partial charge is 0.338 e. The van der Waals surface area contributed by atoms with E-state index in [-0.39, 0.29) is 5.54 Å². The molecule has 20 heavy (non-hydrogen) atoms. The lowest BCUT2D eigenvalue weighted by molar-refractivity contribution is 0.0824. The smallest absolute Gasteiger partial charge is 0.109 e. The molecular formula is C16H30N4. The van der Waals surface area contributed by atoms with E-state index in [1.165, 1.54) is 44.3 Å². The summed E-state index contributed by atoms with van der Waals surface area (Å²) in [7, 11) is 8.68. The molecule has 1 atom stereocenters. The number of aryl methyl sites for hydroxylation is 1. The molecule has 1 aliphatic rings. The fourth-order valence-corrected chi connectivity index (χ4v) is 3.78. The predicted octanol–water partition coefficient (Wildman–Crippen LogP) is 2.21. The number of nitrogens with one attached hydrogen (secondary N) is 1. The number of imidazole rings is 1. The maximum Gasteiger partial charge on any atom is 0.109 e. The van der Waals surface area contributed by atoms with Gasteiger partial charge >= 0.3 is 0 Å². The van der Waals surface area contributed by atoms with E-state index in [2.05, 4.69) is 48.0 Å². The number of rotatable bonds is 5.